The number of rotatable bonds is 4. The number of halogens is 1. The van der Waals surface area contributed by atoms with Gasteiger partial charge in [-0.2, -0.15) is 0 Å². The standard InChI is InChI=1S/C11H12BrN3O2S2/c12-11-2-1-9(18-11)6-15-8-3-7(13)4-10(5-8)19(14,16)17/h1-5,15H,6,13H2,(H2,14,16,17). The lowest BCUT2D eigenvalue weighted by Gasteiger charge is -2.08. The van der Waals surface area contributed by atoms with E-state index in [0.29, 0.717) is 17.9 Å². The van der Waals surface area contributed by atoms with Gasteiger partial charge in [0.2, 0.25) is 10.0 Å². The van der Waals surface area contributed by atoms with E-state index in [1.54, 1.807) is 17.4 Å². The van der Waals surface area contributed by atoms with Gasteiger partial charge < -0.3 is 11.1 Å². The lowest BCUT2D eigenvalue weighted by atomic mass is 10.3. The predicted molar refractivity (Wildman–Crippen MR) is 81.6 cm³/mol. The van der Waals surface area contributed by atoms with Crippen molar-refractivity contribution in [3.63, 3.8) is 0 Å². The highest BCUT2D eigenvalue weighted by molar-refractivity contribution is 9.11. The molecule has 0 amide bonds. The molecule has 0 aliphatic rings. The fourth-order valence-corrected chi connectivity index (χ4v) is 3.54. The van der Waals surface area contributed by atoms with Crippen LogP contribution in [0.1, 0.15) is 4.88 Å². The third-order valence-electron chi connectivity index (χ3n) is 2.35. The second kappa shape index (κ2) is 5.49. The van der Waals surface area contributed by atoms with Crippen molar-refractivity contribution in [2.75, 3.05) is 11.1 Å². The minimum absolute atomic E-state index is 0.00219. The van der Waals surface area contributed by atoms with Crippen LogP contribution in [0.15, 0.2) is 39.0 Å². The van der Waals surface area contributed by atoms with Gasteiger partial charge in [-0.15, -0.1) is 11.3 Å². The molecule has 5 N–H and O–H groups in total. The van der Waals surface area contributed by atoms with E-state index in [-0.39, 0.29) is 4.90 Å². The van der Waals surface area contributed by atoms with Crippen LogP contribution < -0.4 is 16.2 Å². The van der Waals surface area contributed by atoms with Crippen LogP contribution in [0.3, 0.4) is 0 Å². The maximum absolute atomic E-state index is 11.3. The first-order chi connectivity index (χ1) is 8.84. The molecular formula is C11H12BrN3O2S2. The summed E-state index contributed by atoms with van der Waals surface area (Å²) in [5.41, 5.74) is 6.63. The van der Waals surface area contributed by atoms with E-state index < -0.39 is 10.0 Å². The first-order valence-corrected chi connectivity index (χ1v) is 8.41. The Morgan fingerprint density at radius 2 is 2.00 bits per heavy atom. The summed E-state index contributed by atoms with van der Waals surface area (Å²) >= 11 is 4.98. The fraction of sp³-hybridized carbons (Fsp3) is 0.0909. The Morgan fingerprint density at radius 3 is 2.58 bits per heavy atom. The molecule has 0 atom stereocenters. The Labute approximate surface area is 123 Å². The average Bonchev–Trinajstić information content (AvgIpc) is 2.71. The zero-order chi connectivity index (χ0) is 14.0. The predicted octanol–water partition coefficient (Wildman–Crippen LogP) is 2.35. The molecule has 1 aromatic carbocycles. The second-order valence-corrected chi connectivity index (χ2v) is 8.00. The normalized spacial score (nSPS) is 11.5. The zero-order valence-electron chi connectivity index (χ0n) is 9.76. The Bertz CT molecular complexity index is 698. The van der Waals surface area contributed by atoms with Crippen LogP contribution in [0, 0.1) is 0 Å². The van der Waals surface area contributed by atoms with Crippen LogP contribution in [0.2, 0.25) is 0 Å². The van der Waals surface area contributed by atoms with Gasteiger partial charge >= 0.3 is 0 Å². The molecule has 0 radical (unpaired) electrons. The molecule has 1 heterocycles. The summed E-state index contributed by atoms with van der Waals surface area (Å²) in [5.74, 6) is 0. The van der Waals surface area contributed by atoms with Crippen molar-refractivity contribution >= 4 is 48.7 Å². The van der Waals surface area contributed by atoms with Gasteiger partial charge in [0.05, 0.1) is 8.68 Å². The number of nitrogens with one attached hydrogen (secondary N) is 1. The summed E-state index contributed by atoms with van der Waals surface area (Å²) in [5, 5.41) is 8.21. The van der Waals surface area contributed by atoms with E-state index in [1.165, 1.54) is 12.1 Å². The SMILES string of the molecule is Nc1cc(NCc2ccc(Br)s2)cc(S(N)(=O)=O)c1. The van der Waals surface area contributed by atoms with Crippen LogP contribution in [0.25, 0.3) is 0 Å². The molecule has 0 unspecified atom stereocenters. The Balaban J connectivity index is 2.19. The van der Waals surface area contributed by atoms with E-state index in [4.69, 9.17) is 10.9 Å². The number of primary sulfonamides is 1. The van der Waals surface area contributed by atoms with Crippen LogP contribution in [-0.4, -0.2) is 8.42 Å². The first-order valence-electron chi connectivity index (χ1n) is 5.26. The maximum Gasteiger partial charge on any atom is 0.238 e. The number of nitrogen functional groups attached to an aromatic ring is 1. The minimum Gasteiger partial charge on any atom is -0.399 e. The molecule has 0 bridgehead atoms. The van der Waals surface area contributed by atoms with Gasteiger partial charge in [-0.05, 0) is 46.3 Å². The number of sulfonamides is 1. The number of benzene rings is 1. The smallest absolute Gasteiger partial charge is 0.238 e. The third kappa shape index (κ3) is 3.93. The highest BCUT2D eigenvalue weighted by Crippen LogP contribution is 2.24. The molecule has 5 nitrogen and oxygen atoms in total. The molecule has 0 saturated heterocycles. The van der Waals surface area contributed by atoms with Crippen molar-refractivity contribution in [1.29, 1.82) is 0 Å². The highest BCUT2D eigenvalue weighted by Gasteiger charge is 2.10. The summed E-state index contributed by atoms with van der Waals surface area (Å²) in [6.45, 7) is 0.587. The molecule has 0 aliphatic heterocycles. The molecule has 0 saturated carbocycles. The molecular weight excluding hydrogens is 350 g/mol. The van der Waals surface area contributed by atoms with E-state index in [2.05, 4.69) is 21.2 Å². The van der Waals surface area contributed by atoms with Gasteiger partial charge in [-0.3, -0.25) is 0 Å². The lowest BCUT2D eigenvalue weighted by Crippen LogP contribution is -2.13. The van der Waals surface area contributed by atoms with Crippen molar-refractivity contribution < 1.29 is 8.42 Å². The molecule has 102 valence electrons. The zero-order valence-corrected chi connectivity index (χ0v) is 13.0. The van der Waals surface area contributed by atoms with Crippen molar-refractivity contribution in [3.05, 3.63) is 39.0 Å². The summed E-state index contributed by atoms with van der Waals surface area (Å²) in [4.78, 5) is 1.12. The molecule has 2 aromatic rings. The summed E-state index contributed by atoms with van der Waals surface area (Å²) in [6, 6.07) is 8.40. The topological polar surface area (TPSA) is 98.2 Å². The number of hydrogen-bond acceptors (Lipinski definition) is 5. The average molecular weight is 362 g/mol. The van der Waals surface area contributed by atoms with Crippen LogP contribution in [-0.2, 0) is 16.6 Å². The molecule has 0 spiro atoms. The van der Waals surface area contributed by atoms with Gasteiger partial charge in [0, 0.05) is 22.8 Å². The van der Waals surface area contributed by atoms with Crippen molar-refractivity contribution in [3.8, 4) is 0 Å². The van der Waals surface area contributed by atoms with Crippen molar-refractivity contribution in [2.45, 2.75) is 11.4 Å². The van der Waals surface area contributed by atoms with Gasteiger partial charge in [0.25, 0.3) is 0 Å². The minimum atomic E-state index is -3.75. The van der Waals surface area contributed by atoms with Gasteiger partial charge in [-0.1, -0.05) is 0 Å². The molecule has 0 aliphatic carbocycles. The van der Waals surface area contributed by atoms with Crippen molar-refractivity contribution in [1.82, 2.24) is 0 Å². The van der Waals surface area contributed by atoms with Gasteiger partial charge in [0.1, 0.15) is 0 Å². The quantitative estimate of drug-likeness (QED) is 0.727. The monoisotopic (exact) mass is 361 g/mol. The summed E-state index contributed by atoms with van der Waals surface area (Å²) in [7, 11) is -3.75. The van der Waals surface area contributed by atoms with E-state index in [1.807, 2.05) is 12.1 Å². The highest BCUT2D eigenvalue weighted by atomic mass is 79.9. The molecule has 19 heavy (non-hydrogen) atoms. The Hall–Kier alpha value is -1.09. The number of thiophene rings is 1. The number of hydrogen-bond donors (Lipinski definition) is 3. The lowest BCUT2D eigenvalue weighted by molar-refractivity contribution is 0.598. The van der Waals surface area contributed by atoms with Gasteiger partial charge in [0.15, 0.2) is 0 Å². The third-order valence-corrected chi connectivity index (χ3v) is 4.87. The molecule has 8 heteroatoms. The van der Waals surface area contributed by atoms with Crippen LogP contribution >= 0.6 is 27.3 Å². The van der Waals surface area contributed by atoms with E-state index >= 15 is 0 Å². The molecule has 2 rings (SSSR count). The number of anilines is 2. The summed E-state index contributed by atoms with van der Waals surface area (Å²) < 4.78 is 23.7. The first kappa shape index (κ1) is 14.3. The van der Waals surface area contributed by atoms with E-state index in [9.17, 15) is 8.42 Å². The maximum atomic E-state index is 11.3. The van der Waals surface area contributed by atoms with Crippen molar-refractivity contribution in [2.24, 2.45) is 5.14 Å². The second-order valence-electron chi connectivity index (χ2n) is 3.90. The Morgan fingerprint density at radius 1 is 1.26 bits per heavy atom. The van der Waals surface area contributed by atoms with Crippen LogP contribution in [0.5, 0.6) is 0 Å². The van der Waals surface area contributed by atoms with Gasteiger partial charge in [-0.25, -0.2) is 13.6 Å². The van der Waals surface area contributed by atoms with E-state index in [0.717, 1.165) is 8.66 Å². The fourth-order valence-electron chi connectivity index (χ4n) is 1.52. The number of nitrogens with two attached hydrogens (primary N) is 2. The molecule has 1 aromatic heterocycles. The molecule has 0 fully saturated rings. The van der Waals surface area contributed by atoms with Crippen LogP contribution in [0.4, 0.5) is 11.4 Å². The Kier molecular flexibility index (Phi) is 4.14. The summed E-state index contributed by atoms with van der Waals surface area (Å²) in [6.07, 6.45) is 0. The largest absolute Gasteiger partial charge is 0.399 e.